The van der Waals surface area contributed by atoms with E-state index in [1.807, 2.05) is 39.2 Å². The van der Waals surface area contributed by atoms with Crippen LogP contribution in [-0.2, 0) is 22.6 Å². The second-order valence-electron chi connectivity index (χ2n) is 9.88. The van der Waals surface area contributed by atoms with Gasteiger partial charge in [0.2, 0.25) is 11.8 Å². The summed E-state index contributed by atoms with van der Waals surface area (Å²) >= 11 is 1.49. The van der Waals surface area contributed by atoms with Crippen molar-refractivity contribution in [2.24, 2.45) is 11.7 Å². The van der Waals surface area contributed by atoms with E-state index in [4.69, 9.17) is 10.2 Å². The van der Waals surface area contributed by atoms with Gasteiger partial charge in [-0.3, -0.25) is 24.4 Å². The average Bonchev–Trinajstić information content (AvgIpc) is 3.60. The zero-order chi connectivity index (χ0) is 28.7. The molecule has 0 saturated carbocycles. The smallest absolute Gasteiger partial charge is 0.405 e. The third-order valence-corrected chi connectivity index (χ3v) is 7.50. The van der Waals surface area contributed by atoms with Crippen molar-refractivity contribution < 1.29 is 32.3 Å². The van der Waals surface area contributed by atoms with Gasteiger partial charge in [0.1, 0.15) is 24.0 Å². The summed E-state index contributed by atoms with van der Waals surface area (Å²) in [6.45, 7) is -0.157. The number of aliphatic hydroxyl groups excluding tert-OH is 1. The molecule has 3 unspecified atom stereocenters. The Hall–Kier alpha value is -3.26. The number of furan rings is 1. The molecule has 0 radical (unpaired) electrons. The van der Waals surface area contributed by atoms with Gasteiger partial charge in [-0.05, 0) is 59.5 Å². The van der Waals surface area contributed by atoms with Crippen LogP contribution < -0.4 is 11.1 Å². The molecule has 4 N–H and O–H groups in total. The van der Waals surface area contributed by atoms with Gasteiger partial charge in [0.05, 0.1) is 12.6 Å². The second kappa shape index (κ2) is 13.4. The summed E-state index contributed by atoms with van der Waals surface area (Å²) in [5.74, 6) is -0.731. The monoisotopic (exact) mass is 579 g/mol. The molecule has 4 rings (SSSR count). The fraction of sp³-hybridized carbons (Fsp3) is 0.444. The van der Waals surface area contributed by atoms with Crippen LogP contribution in [0.25, 0.3) is 11.5 Å². The summed E-state index contributed by atoms with van der Waals surface area (Å²) in [7, 11) is 0. The fourth-order valence-electron chi connectivity index (χ4n) is 4.79. The number of β-amino-alcohol motifs (C(OH)–C–C–N with tert-alkyl or cyclic N) is 1. The fourth-order valence-corrected chi connectivity index (χ4v) is 5.47. The van der Waals surface area contributed by atoms with Crippen LogP contribution in [0.2, 0.25) is 0 Å². The number of aliphatic hydroxyl groups is 1. The Balaban J connectivity index is 1.41. The first kappa shape index (κ1) is 29.7. The summed E-state index contributed by atoms with van der Waals surface area (Å²) in [5.41, 5.74) is 7.18. The van der Waals surface area contributed by atoms with E-state index in [0.29, 0.717) is 43.3 Å². The van der Waals surface area contributed by atoms with E-state index in [1.165, 1.54) is 11.3 Å². The normalized spacial score (nSPS) is 18.4. The summed E-state index contributed by atoms with van der Waals surface area (Å²) in [6, 6.07) is 9.99. The van der Waals surface area contributed by atoms with Gasteiger partial charge in [-0.15, -0.1) is 0 Å². The van der Waals surface area contributed by atoms with Gasteiger partial charge < -0.3 is 20.6 Å². The van der Waals surface area contributed by atoms with Gasteiger partial charge in [0, 0.05) is 38.3 Å². The minimum Gasteiger partial charge on any atom is -0.458 e. The second-order valence-corrected chi connectivity index (χ2v) is 10.7. The number of amides is 2. The van der Waals surface area contributed by atoms with Crippen molar-refractivity contribution >= 4 is 23.2 Å². The maximum atomic E-state index is 12.9. The molecule has 0 bridgehead atoms. The Morgan fingerprint density at radius 3 is 2.73 bits per heavy atom. The van der Waals surface area contributed by atoms with E-state index >= 15 is 0 Å². The SMILES string of the molecule is NC(=O)C(Cc1ccsc1)CC(O)CN1CCN(Cc2ccc(-c3ccccn3)o2)CC1C(=O)NCC(F)(F)F. The number of piperazine rings is 1. The summed E-state index contributed by atoms with van der Waals surface area (Å²) in [6.07, 6.45) is -3.45. The Morgan fingerprint density at radius 2 is 2.05 bits per heavy atom. The van der Waals surface area contributed by atoms with E-state index < -0.39 is 42.6 Å². The number of aromatic nitrogens is 1. The molecule has 0 aliphatic carbocycles. The van der Waals surface area contributed by atoms with Crippen LogP contribution in [0.4, 0.5) is 13.2 Å². The zero-order valence-electron chi connectivity index (χ0n) is 21.7. The lowest BCUT2D eigenvalue weighted by atomic mass is 9.93. The number of hydrogen-bond donors (Lipinski definition) is 3. The molecule has 2 amide bonds. The third kappa shape index (κ3) is 8.62. The maximum absolute atomic E-state index is 12.9. The number of primary amides is 1. The number of pyridine rings is 1. The molecule has 1 saturated heterocycles. The molecule has 0 aromatic carbocycles. The Bertz CT molecular complexity index is 1240. The van der Waals surface area contributed by atoms with E-state index in [0.717, 1.165) is 5.56 Å². The number of rotatable bonds is 12. The third-order valence-electron chi connectivity index (χ3n) is 6.77. The maximum Gasteiger partial charge on any atom is 0.405 e. The predicted molar refractivity (Wildman–Crippen MR) is 143 cm³/mol. The molecule has 216 valence electrons. The van der Waals surface area contributed by atoms with Crippen LogP contribution >= 0.6 is 11.3 Å². The van der Waals surface area contributed by atoms with Crippen molar-refractivity contribution in [3.05, 3.63) is 64.7 Å². The first-order valence-corrected chi connectivity index (χ1v) is 13.8. The van der Waals surface area contributed by atoms with Crippen LogP contribution in [0.3, 0.4) is 0 Å². The molecule has 0 spiro atoms. The number of hydrogen-bond acceptors (Lipinski definition) is 8. The predicted octanol–water partition coefficient (Wildman–Crippen LogP) is 2.66. The Labute approximate surface area is 233 Å². The standard InChI is InChI=1S/C27H32F3N5O4S/c28-27(29,30)17-33-26(38)23-15-34(14-21-4-5-24(39-21)22-3-1-2-7-32-22)8-9-35(23)13-20(36)12-19(25(31)37)11-18-6-10-40-16-18/h1-7,10,16,19-20,23,36H,8-9,11-15,17H2,(H2,31,37)(H,33,38). The molecule has 3 aromatic rings. The Kier molecular flexibility index (Phi) is 9.95. The number of carbonyl (C=O) groups is 2. The first-order chi connectivity index (χ1) is 19.1. The highest BCUT2D eigenvalue weighted by Gasteiger charge is 2.36. The number of thiophene rings is 1. The van der Waals surface area contributed by atoms with Gasteiger partial charge in [-0.25, -0.2) is 0 Å². The van der Waals surface area contributed by atoms with Crippen LogP contribution in [0, 0.1) is 5.92 Å². The largest absolute Gasteiger partial charge is 0.458 e. The van der Waals surface area contributed by atoms with Crippen LogP contribution in [-0.4, -0.2) is 82.8 Å². The highest BCUT2D eigenvalue weighted by molar-refractivity contribution is 7.07. The van der Waals surface area contributed by atoms with Gasteiger partial charge in [-0.1, -0.05) is 6.07 Å². The van der Waals surface area contributed by atoms with E-state index in [9.17, 15) is 27.9 Å². The molecular weight excluding hydrogens is 547 g/mol. The summed E-state index contributed by atoms with van der Waals surface area (Å²) in [4.78, 5) is 32.8. The molecule has 13 heteroatoms. The highest BCUT2D eigenvalue weighted by Crippen LogP contribution is 2.23. The molecule has 1 fully saturated rings. The van der Waals surface area contributed by atoms with Crippen LogP contribution in [0.1, 0.15) is 17.7 Å². The molecule has 3 atom stereocenters. The van der Waals surface area contributed by atoms with E-state index in [1.54, 1.807) is 29.3 Å². The van der Waals surface area contributed by atoms with Crippen LogP contribution in [0.5, 0.6) is 0 Å². The van der Waals surface area contributed by atoms with Gasteiger partial charge in [0.15, 0.2) is 5.76 Å². The quantitative estimate of drug-likeness (QED) is 0.301. The van der Waals surface area contributed by atoms with Crippen molar-refractivity contribution in [2.45, 2.75) is 37.7 Å². The molecule has 40 heavy (non-hydrogen) atoms. The zero-order valence-corrected chi connectivity index (χ0v) is 22.5. The van der Waals surface area contributed by atoms with Crippen molar-refractivity contribution in [3.63, 3.8) is 0 Å². The number of nitrogens with two attached hydrogens (primary N) is 1. The highest BCUT2D eigenvalue weighted by atomic mass is 32.1. The lowest BCUT2D eigenvalue weighted by molar-refractivity contribution is -0.143. The van der Waals surface area contributed by atoms with Crippen molar-refractivity contribution in [2.75, 3.05) is 32.7 Å². The molecule has 3 aromatic heterocycles. The number of nitrogens with one attached hydrogen (secondary N) is 1. The molecular formula is C27H32F3N5O4S. The van der Waals surface area contributed by atoms with Crippen LogP contribution in [0.15, 0.2) is 57.8 Å². The lowest BCUT2D eigenvalue weighted by Crippen LogP contribution is -2.60. The van der Waals surface area contributed by atoms with E-state index in [-0.39, 0.29) is 19.5 Å². The Morgan fingerprint density at radius 1 is 1.23 bits per heavy atom. The topological polar surface area (TPSA) is 125 Å². The number of carbonyl (C=O) groups excluding carboxylic acids is 2. The number of halogens is 3. The molecule has 4 heterocycles. The van der Waals surface area contributed by atoms with Gasteiger partial charge in [-0.2, -0.15) is 24.5 Å². The number of nitrogens with zero attached hydrogens (tertiary/aromatic N) is 3. The molecule has 1 aliphatic rings. The van der Waals surface area contributed by atoms with Crippen molar-refractivity contribution in [1.82, 2.24) is 20.1 Å². The van der Waals surface area contributed by atoms with Crippen molar-refractivity contribution in [3.8, 4) is 11.5 Å². The average molecular weight is 580 g/mol. The summed E-state index contributed by atoms with van der Waals surface area (Å²) in [5, 5.41) is 16.6. The minimum absolute atomic E-state index is 0.00986. The van der Waals surface area contributed by atoms with E-state index in [2.05, 4.69) is 4.98 Å². The summed E-state index contributed by atoms with van der Waals surface area (Å²) < 4.78 is 44.4. The molecule has 1 aliphatic heterocycles. The van der Waals surface area contributed by atoms with Crippen molar-refractivity contribution in [1.29, 1.82) is 0 Å². The lowest BCUT2D eigenvalue weighted by Gasteiger charge is -2.41. The van der Waals surface area contributed by atoms with Gasteiger partial charge >= 0.3 is 6.18 Å². The van der Waals surface area contributed by atoms with Gasteiger partial charge in [0.25, 0.3) is 0 Å². The minimum atomic E-state index is -4.55. The molecule has 9 nitrogen and oxygen atoms in total. The number of alkyl halides is 3. The first-order valence-electron chi connectivity index (χ1n) is 12.9.